The van der Waals surface area contributed by atoms with E-state index in [0.717, 1.165) is 17.2 Å². The van der Waals surface area contributed by atoms with Crippen molar-refractivity contribution in [3.05, 3.63) is 57.1 Å². The van der Waals surface area contributed by atoms with Crippen LogP contribution in [0.5, 0.6) is 17.2 Å². The van der Waals surface area contributed by atoms with E-state index in [1.54, 1.807) is 6.07 Å². The Labute approximate surface area is 155 Å². The van der Waals surface area contributed by atoms with Crippen LogP contribution >= 0.6 is 0 Å². The molecule has 0 aliphatic heterocycles. The maximum Gasteiger partial charge on any atom is 0.315 e. The summed E-state index contributed by atoms with van der Waals surface area (Å²) >= 11 is 0. The lowest BCUT2D eigenvalue weighted by Crippen LogP contribution is -2.24. The summed E-state index contributed by atoms with van der Waals surface area (Å²) in [5.74, 6) is -0.582. The molecule has 0 saturated heterocycles. The Balaban J connectivity index is 1.98. The molecular weight excluding hydrogens is 354 g/mol. The summed E-state index contributed by atoms with van der Waals surface area (Å²) in [6.45, 7) is 3.68. The number of nitro groups is 1. The van der Waals surface area contributed by atoms with Gasteiger partial charge in [-0.3, -0.25) is 14.9 Å². The van der Waals surface area contributed by atoms with Gasteiger partial charge < -0.3 is 14.6 Å². The van der Waals surface area contributed by atoms with Gasteiger partial charge in [0.1, 0.15) is 5.75 Å². The molecule has 0 fully saturated rings. The molecule has 2 N–H and O–H groups in total. The van der Waals surface area contributed by atoms with E-state index in [-0.39, 0.29) is 17.9 Å². The van der Waals surface area contributed by atoms with Gasteiger partial charge in [-0.1, -0.05) is 6.07 Å². The highest BCUT2D eigenvalue weighted by molar-refractivity contribution is 5.85. The van der Waals surface area contributed by atoms with Crippen molar-refractivity contribution >= 4 is 17.8 Å². The number of nitrogens with zero attached hydrogens (tertiary/aromatic N) is 2. The van der Waals surface area contributed by atoms with Crippen molar-refractivity contribution in [1.29, 1.82) is 0 Å². The summed E-state index contributed by atoms with van der Waals surface area (Å²) < 4.78 is 10.3. The number of nitro benzene ring substituents is 1. The van der Waals surface area contributed by atoms with Gasteiger partial charge in [-0.05, 0) is 43.2 Å². The average Bonchev–Trinajstić information content (AvgIpc) is 2.63. The zero-order chi connectivity index (χ0) is 20.0. The molecule has 2 aromatic rings. The van der Waals surface area contributed by atoms with Crippen LogP contribution in [0.2, 0.25) is 0 Å². The Kier molecular flexibility index (Phi) is 6.32. The van der Waals surface area contributed by atoms with Crippen molar-refractivity contribution in [2.45, 2.75) is 13.8 Å². The van der Waals surface area contributed by atoms with Crippen molar-refractivity contribution in [2.75, 3.05) is 13.7 Å². The number of benzene rings is 2. The first-order valence-corrected chi connectivity index (χ1v) is 7.89. The molecule has 142 valence electrons. The lowest BCUT2D eigenvalue weighted by atomic mass is 10.1. The third-order valence-corrected chi connectivity index (χ3v) is 3.74. The molecule has 0 unspecified atom stereocenters. The predicted octanol–water partition coefficient (Wildman–Crippen LogP) is 2.45. The number of hydrogen-bond donors (Lipinski definition) is 2. The smallest absolute Gasteiger partial charge is 0.315 e. The predicted molar refractivity (Wildman–Crippen MR) is 98.5 cm³/mol. The second-order valence-corrected chi connectivity index (χ2v) is 5.68. The number of aryl methyl sites for hydroxylation is 2. The van der Waals surface area contributed by atoms with Gasteiger partial charge in [0, 0.05) is 11.6 Å². The van der Waals surface area contributed by atoms with E-state index in [1.807, 2.05) is 26.0 Å². The van der Waals surface area contributed by atoms with Crippen LogP contribution in [-0.4, -0.2) is 35.9 Å². The number of rotatable bonds is 7. The lowest BCUT2D eigenvalue weighted by molar-refractivity contribution is -0.386. The van der Waals surface area contributed by atoms with E-state index in [4.69, 9.17) is 9.47 Å². The molecule has 2 aromatic carbocycles. The average molecular weight is 373 g/mol. The molecule has 0 heterocycles. The van der Waals surface area contributed by atoms with Crippen LogP contribution in [0, 0.1) is 24.0 Å². The number of amides is 1. The summed E-state index contributed by atoms with van der Waals surface area (Å²) in [5, 5.41) is 24.4. The highest BCUT2D eigenvalue weighted by Gasteiger charge is 2.19. The number of hydrogen-bond acceptors (Lipinski definition) is 7. The Morgan fingerprint density at radius 1 is 1.30 bits per heavy atom. The number of carbonyl (C=O) groups excluding carboxylic acids is 1. The number of aromatic hydroxyl groups is 1. The first-order chi connectivity index (χ1) is 12.8. The molecule has 0 aliphatic carbocycles. The van der Waals surface area contributed by atoms with Crippen molar-refractivity contribution in [2.24, 2.45) is 5.10 Å². The molecule has 1 amide bonds. The van der Waals surface area contributed by atoms with Crippen molar-refractivity contribution in [3.8, 4) is 17.2 Å². The highest BCUT2D eigenvalue weighted by Crippen LogP contribution is 2.36. The summed E-state index contributed by atoms with van der Waals surface area (Å²) in [5.41, 5.74) is 4.17. The molecular formula is C18H19N3O6. The molecule has 0 saturated carbocycles. The van der Waals surface area contributed by atoms with E-state index in [1.165, 1.54) is 19.4 Å². The monoisotopic (exact) mass is 373 g/mol. The van der Waals surface area contributed by atoms with Crippen molar-refractivity contribution in [1.82, 2.24) is 5.43 Å². The first kappa shape index (κ1) is 19.7. The van der Waals surface area contributed by atoms with Gasteiger partial charge in [-0.15, -0.1) is 0 Å². The van der Waals surface area contributed by atoms with E-state index >= 15 is 0 Å². The minimum atomic E-state index is -0.745. The molecule has 2 rings (SSSR count). The number of phenolic OH excluding ortho intramolecular Hbond substituents is 1. The quantitative estimate of drug-likeness (QED) is 0.436. The van der Waals surface area contributed by atoms with Crippen LogP contribution in [0.25, 0.3) is 0 Å². The van der Waals surface area contributed by atoms with Crippen LogP contribution in [0.3, 0.4) is 0 Å². The summed E-state index contributed by atoms with van der Waals surface area (Å²) in [6, 6.07) is 7.95. The van der Waals surface area contributed by atoms with Crippen LogP contribution in [-0.2, 0) is 4.79 Å². The molecule has 0 aromatic heterocycles. The van der Waals surface area contributed by atoms with E-state index in [9.17, 15) is 20.0 Å². The van der Waals surface area contributed by atoms with Crippen molar-refractivity contribution in [3.63, 3.8) is 0 Å². The topological polar surface area (TPSA) is 123 Å². The standard InChI is InChI=1S/C18H19N3O6/c1-11-4-5-14(6-12(11)2)27-10-17(22)20-19-9-13-7-15(21(24)25)18(23)16(8-13)26-3/h4-9,23H,10H2,1-3H3,(H,20,22)/b19-9-. The van der Waals surface area contributed by atoms with Gasteiger partial charge >= 0.3 is 5.69 Å². The maximum absolute atomic E-state index is 11.8. The van der Waals surface area contributed by atoms with E-state index < -0.39 is 22.3 Å². The molecule has 0 spiro atoms. The van der Waals surface area contributed by atoms with E-state index in [2.05, 4.69) is 10.5 Å². The maximum atomic E-state index is 11.8. The van der Waals surface area contributed by atoms with Gasteiger partial charge in [-0.25, -0.2) is 5.43 Å². The van der Waals surface area contributed by atoms with Gasteiger partial charge in [0.05, 0.1) is 18.2 Å². The summed E-state index contributed by atoms with van der Waals surface area (Å²) in [6.07, 6.45) is 1.20. The summed E-state index contributed by atoms with van der Waals surface area (Å²) in [4.78, 5) is 22.0. The third kappa shape index (κ3) is 5.18. The fourth-order valence-electron chi connectivity index (χ4n) is 2.15. The second kappa shape index (κ2) is 8.65. The SMILES string of the molecule is COc1cc(/C=N\NC(=O)COc2ccc(C)c(C)c2)cc([N+](=O)[O-])c1O. The number of carbonyl (C=O) groups is 1. The minimum absolute atomic E-state index is 0.0740. The van der Waals surface area contributed by atoms with Gasteiger partial charge in [0.25, 0.3) is 5.91 Å². The zero-order valence-corrected chi connectivity index (χ0v) is 15.1. The third-order valence-electron chi connectivity index (χ3n) is 3.74. The Bertz CT molecular complexity index is 895. The fourth-order valence-corrected chi connectivity index (χ4v) is 2.15. The number of nitrogens with one attached hydrogen (secondary N) is 1. The summed E-state index contributed by atoms with van der Waals surface area (Å²) in [7, 11) is 1.27. The normalized spacial score (nSPS) is 10.6. The van der Waals surface area contributed by atoms with Gasteiger partial charge in [0.15, 0.2) is 12.4 Å². The van der Waals surface area contributed by atoms with Crippen LogP contribution in [0.4, 0.5) is 5.69 Å². The van der Waals surface area contributed by atoms with E-state index in [0.29, 0.717) is 5.75 Å². The molecule has 0 radical (unpaired) electrons. The van der Waals surface area contributed by atoms with Crippen LogP contribution in [0.15, 0.2) is 35.4 Å². The fraction of sp³-hybridized carbons (Fsp3) is 0.222. The molecule has 27 heavy (non-hydrogen) atoms. The van der Waals surface area contributed by atoms with Gasteiger partial charge in [0.2, 0.25) is 5.75 Å². The first-order valence-electron chi connectivity index (χ1n) is 7.89. The molecule has 0 atom stereocenters. The van der Waals surface area contributed by atoms with Gasteiger partial charge in [-0.2, -0.15) is 5.10 Å². The van der Waals surface area contributed by atoms with Crippen LogP contribution < -0.4 is 14.9 Å². The number of methoxy groups -OCH3 is 1. The van der Waals surface area contributed by atoms with Crippen molar-refractivity contribution < 1.29 is 24.3 Å². The molecule has 9 nitrogen and oxygen atoms in total. The number of hydrazone groups is 1. The second-order valence-electron chi connectivity index (χ2n) is 5.68. The number of phenols is 1. The Morgan fingerprint density at radius 2 is 2.04 bits per heavy atom. The highest BCUT2D eigenvalue weighted by atomic mass is 16.6. The number of ether oxygens (including phenoxy) is 2. The molecule has 0 aliphatic rings. The van der Waals surface area contributed by atoms with Crippen LogP contribution in [0.1, 0.15) is 16.7 Å². The molecule has 0 bridgehead atoms. The largest absolute Gasteiger partial charge is 0.500 e. The minimum Gasteiger partial charge on any atom is -0.500 e. The molecule has 9 heteroatoms. The zero-order valence-electron chi connectivity index (χ0n) is 15.1. The Hall–Kier alpha value is -3.62. The Morgan fingerprint density at radius 3 is 2.67 bits per heavy atom. The lowest BCUT2D eigenvalue weighted by Gasteiger charge is -2.07.